The highest BCUT2D eigenvalue weighted by Crippen LogP contribution is 2.23. The molecule has 1 saturated heterocycles. The van der Waals surface area contributed by atoms with Gasteiger partial charge in [0.1, 0.15) is 0 Å². The van der Waals surface area contributed by atoms with Gasteiger partial charge in [0.2, 0.25) is 0 Å². The molecule has 86 valence electrons. The van der Waals surface area contributed by atoms with Gasteiger partial charge >= 0.3 is 0 Å². The van der Waals surface area contributed by atoms with Gasteiger partial charge in [0.05, 0.1) is 5.56 Å². The molecule has 0 aromatic heterocycles. The predicted molar refractivity (Wildman–Crippen MR) is 72.1 cm³/mol. The number of rotatable bonds is 1. The molecule has 4 heteroatoms. The summed E-state index contributed by atoms with van der Waals surface area (Å²) >= 11 is 6.99. The number of carbonyl (C=O) groups excluding carboxylic acids is 1. The average Bonchev–Trinajstić information content (AvgIpc) is 2.64. The van der Waals surface area contributed by atoms with Crippen LogP contribution < -0.4 is 0 Å². The molecule has 0 saturated carbocycles. The highest BCUT2D eigenvalue weighted by molar-refractivity contribution is 9.10. The molecule has 1 atom stereocenters. The van der Waals surface area contributed by atoms with Gasteiger partial charge in [0.15, 0.2) is 0 Å². The standard InChI is InChI=1S/C12H13Br2NO/c1-8-2-3-10(11(14)6-8)12(16)15-5-4-9(13)7-15/h2-3,6,9H,4-5,7H2,1H3. The second-order valence-electron chi connectivity index (χ2n) is 4.12. The smallest absolute Gasteiger partial charge is 0.255 e. The van der Waals surface area contributed by atoms with Crippen LogP contribution in [0.15, 0.2) is 22.7 Å². The summed E-state index contributed by atoms with van der Waals surface area (Å²) in [5, 5.41) is 0. The van der Waals surface area contributed by atoms with Crippen LogP contribution in [-0.2, 0) is 0 Å². The lowest BCUT2D eigenvalue weighted by molar-refractivity contribution is 0.0792. The summed E-state index contributed by atoms with van der Waals surface area (Å²) in [6, 6.07) is 5.85. The first kappa shape index (κ1) is 12.1. The minimum atomic E-state index is 0.119. The Kier molecular flexibility index (Phi) is 3.70. The molecule has 0 radical (unpaired) electrons. The lowest BCUT2D eigenvalue weighted by atomic mass is 10.1. The second-order valence-corrected chi connectivity index (χ2v) is 6.27. The van der Waals surface area contributed by atoms with Crippen LogP contribution in [0.3, 0.4) is 0 Å². The van der Waals surface area contributed by atoms with Gasteiger partial charge in [0.25, 0.3) is 5.91 Å². The number of likely N-dealkylation sites (tertiary alicyclic amines) is 1. The van der Waals surface area contributed by atoms with Crippen molar-refractivity contribution >= 4 is 37.8 Å². The highest BCUT2D eigenvalue weighted by atomic mass is 79.9. The summed E-state index contributed by atoms with van der Waals surface area (Å²) in [7, 11) is 0. The maximum atomic E-state index is 12.2. The van der Waals surface area contributed by atoms with E-state index in [0.29, 0.717) is 4.83 Å². The molecule has 1 aromatic carbocycles. The number of carbonyl (C=O) groups is 1. The Morgan fingerprint density at radius 1 is 1.50 bits per heavy atom. The van der Waals surface area contributed by atoms with E-state index in [9.17, 15) is 4.79 Å². The van der Waals surface area contributed by atoms with Crippen molar-refractivity contribution in [2.45, 2.75) is 18.2 Å². The fourth-order valence-corrected chi connectivity index (χ4v) is 3.08. The first-order valence-electron chi connectivity index (χ1n) is 5.27. The van der Waals surface area contributed by atoms with E-state index in [-0.39, 0.29) is 5.91 Å². The zero-order valence-electron chi connectivity index (χ0n) is 9.04. The van der Waals surface area contributed by atoms with E-state index >= 15 is 0 Å². The third kappa shape index (κ3) is 2.48. The molecular weight excluding hydrogens is 334 g/mol. The number of benzene rings is 1. The maximum Gasteiger partial charge on any atom is 0.255 e. The van der Waals surface area contributed by atoms with E-state index in [0.717, 1.165) is 35.1 Å². The molecule has 0 bridgehead atoms. The number of alkyl halides is 1. The van der Waals surface area contributed by atoms with Crippen LogP contribution in [0.4, 0.5) is 0 Å². The number of halogens is 2. The van der Waals surface area contributed by atoms with Crippen LogP contribution >= 0.6 is 31.9 Å². The SMILES string of the molecule is Cc1ccc(C(=O)N2CCC(Br)C2)c(Br)c1. The Bertz CT molecular complexity index is 419. The Balaban J connectivity index is 2.21. The van der Waals surface area contributed by atoms with E-state index in [1.807, 2.05) is 30.0 Å². The zero-order valence-corrected chi connectivity index (χ0v) is 12.2. The van der Waals surface area contributed by atoms with Crippen molar-refractivity contribution < 1.29 is 4.79 Å². The van der Waals surface area contributed by atoms with Crippen LogP contribution in [0.5, 0.6) is 0 Å². The van der Waals surface area contributed by atoms with Crippen molar-refractivity contribution in [2.75, 3.05) is 13.1 Å². The van der Waals surface area contributed by atoms with E-state index in [2.05, 4.69) is 31.9 Å². The Labute approximate surface area is 112 Å². The minimum absolute atomic E-state index is 0.119. The summed E-state index contributed by atoms with van der Waals surface area (Å²) in [5.74, 6) is 0.119. The van der Waals surface area contributed by atoms with Crippen molar-refractivity contribution in [3.05, 3.63) is 33.8 Å². The molecule has 16 heavy (non-hydrogen) atoms. The van der Waals surface area contributed by atoms with Crippen molar-refractivity contribution in [1.82, 2.24) is 4.90 Å². The summed E-state index contributed by atoms with van der Waals surface area (Å²) in [4.78, 5) is 14.5. The van der Waals surface area contributed by atoms with Gasteiger partial charge in [-0.1, -0.05) is 22.0 Å². The van der Waals surface area contributed by atoms with Crippen LogP contribution in [0.2, 0.25) is 0 Å². The maximum absolute atomic E-state index is 12.2. The van der Waals surface area contributed by atoms with Crippen molar-refractivity contribution in [1.29, 1.82) is 0 Å². The number of amides is 1. The van der Waals surface area contributed by atoms with Gasteiger partial charge in [-0.3, -0.25) is 4.79 Å². The first-order valence-corrected chi connectivity index (χ1v) is 6.98. The summed E-state index contributed by atoms with van der Waals surface area (Å²) < 4.78 is 0.885. The molecule has 1 unspecified atom stereocenters. The normalized spacial score (nSPS) is 20.2. The van der Waals surface area contributed by atoms with Crippen LogP contribution in [0, 0.1) is 6.92 Å². The van der Waals surface area contributed by atoms with Gasteiger partial charge in [-0.15, -0.1) is 0 Å². The van der Waals surface area contributed by atoms with Crippen LogP contribution in [0.1, 0.15) is 22.3 Å². The monoisotopic (exact) mass is 345 g/mol. The largest absolute Gasteiger partial charge is 0.337 e. The lowest BCUT2D eigenvalue weighted by Gasteiger charge is -2.16. The second kappa shape index (κ2) is 4.88. The molecule has 1 fully saturated rings. The molecule has 1 aliphatic rings. The number of hydrogen-bond acceptors (Lipinski definition) is 1. The Hall–Kier alpha value is -0.350. The fourth-order valence-electron chi connectivity index (χ4n) is 1.87. The van der Waals surface area contributed by atoms with Gasteiger partial charge in [-0.05, 0) is 47.0 Å². The minimum Gasteiger partial charge on any atom is -0.337 e. The summed E-state index contributed by atoms with van der Waals surface area (Å²) in [6.45, 7) is 3.66. The van der Waals surface area contributed by atoms with Crippen LogP contribution in [-0.4, -0.2) is 28.7 Å². The zero-order chi connectivity index (χ0) is 11.7. The molecule has 1 aliphatic heterocycles. The van der Waals surface area contributed by atoms with Crippen molar-refractivity contribution in [3.63, 3.8) is 0 Å². The molecule has 1 amide bonds. The van der Waals surface area contributed by atoms with E-state index in [4.69, 9.17) is 0 Å². The first-order chi connectivity index (χ1) is 7.58. The van der Waals surface area contributed by atoms with E-state index in [1.165, 1.54) is 0 Å². The third-order valence-electron chi connectivity index (χ3n) is 2.77. The highest BCUT2D eigenvalue weighted by Gasteiger charge is 2.26. The Morgan fingerprint density at radius 2 is 2.25 bits per heavy atom. The quantitative estimate of drug-likeness (QED) is 0.714. The fraction of sp³-hybridized carbons (Fsp3) is 0.417. The van der Waals surface area contributed by atoms with Gasteiger partial charge in [-0.2, -0.15) is 0 Å². The van der Waals surface area contributed by atoms with E-state index < -0.39 is 0 Å². The van der Waals surface area contributed by atoms with Crippen LogP contribution in [0.25, 0.3) is 0 Å². The summed E-state index contributed by atoms with van der Waals surface area (Å²) in [5.41, 5.74) is 1.91. The average molecular weight is 347 g/mol. The lowest BCUT2D eigenvalue weighted by Crippen LogP contribution is -2.29. The molecule has 2 nitrogen and oxygen atoms in total. The molecular formula is C12H13Br2NO. The molecule has 0 aliphatic carbocycles. The predicted octanol–water partition coefficient (Wildman–Crippen LogP) is 3.37. The van der Waals surface area contributed by atoms with Gasteiger partial charge in [0, 0.05) is 22.4 Å². The van der Waals surface area contributed by atoms with Gasteiger partial charge in [-0.25, -0.2) is 0 Å². The molecule has 2 rings (SSSR count). The Morgan fingerprint density at radius 3 is 2.81 bits per heavy atom. The van der Waals surface area contributed by atoms with E-state index in [1.54, 1.807) is 0 Å². The molecule has 1 aromatic rings. The van der Waals surface area contributed by atoms with Gasteiger partial charge < -0.3 is 4.90 Å². The van der Waals surface area contributed by atoms with Crippen molar-refractivity contribution in [3.8, 4) is 0 Å². The molecule has 0 N–H and O–H groups in total. The number of aryl methyl sites for hydroxylation is 1. The third-order valence-corrected chi connectivity index (χ3v) is 4.18. The van der Waals surface area contributed by atoms with Crippen molar-refractivity contribution in [2.24, 2.45) is 0 Å². The molecule has 1 heterocycles. The topological polar surface area (TPSA) is 20.3 Å². The number of hydrogen-bond donors (Lipinski definition) is 0. The number of nitrogens with zero attached hydrogens (tertiary/aromatic N) is 1. The summed E-state index contributed by atoms with van der Waals surface area (Å²) in [6.07, 6.45) is 1.04. The molecule has 0 spiro atoms.